The minimum Gasteiger partial charge on any atom is -0.466 e. The summed E-state index contributed by atoms with van der Waals surface area (Å²) >= 11 is 0. The normalized spacial score (nSPS) is 13.5. The van der Waals surface area contributed by atoms with Crippen LogP contribution in [-0.2, 0) is 5.41 Å². The van der Waals surface area contributed by atoms with Gasteiger partial charge in [-0.25, -0.2) is 0 Å². The number of hydrogen-bond acceptors (Lipinski definition) is 2. The van der Waals surface area contributed by atoms with Crippen LogP contribution in [0, 0.1) is 20.8 Å². The highest BCUT2D eigenvalue weighted by atomic mass is 16.3. The summed E-state index contributed by atoms with van der Waals surface area (Å²) in [5.74, 6) is 1.68. The molecule has 2 nitrogen and oxygen atoms in total. The number of benzene rings is 1. The molecule has 21 heavy (non-hydrogen) atoms. The molecule has 1 aromatic carbocycles. The van der Waals surface area contributed by atoms with Crippen molar-refractivity contribution in [3.8, 4) is 0 Å². The van der Waals surface area contributed by atoms with Gasteiger partial charge in [-0.2, -0.15) is 0 Å². The van der Waals surface area contributed by atoms with Crippen molar-refractivity contribution in [1.82, 2.24) is 0 Å². The van der Waals surface area contributed by atoms with Crippen LogP contribution < -0.4 is 0 Å². The fourth-order valence-electron chi connectivity index (χ4n) is 2.70. The minimum absolute atomic E-state index is 0.168. The van der Waals surface area contributed by atoms with Gasteiger partial charge in [0.1, 0.15) is 17.6 Å². The number of furan rings is 1. The van der Waals surface area contributed by atoms with Crippen LogP contribution in [0.25, 0.3) is 0 Å². The number of aliphatic hydroxyl groups excluding tert-OH is 1. The Bertz CT molecular complexity index is 618. The molecule has 0 spiro atoms. The summed E-state index contributed by atoms with van der Waals surface area (Å²) < 4.78 is 5.62. The largest absolute Gasteiger partial charge is 0.466 e. The summed E-state index contributed by atoms with van der Waals surface area (Å²) in [6.45, 7) is 12.5. The van der Waals surface area contributed by atoms with E-state index in [-0.39, 0.29) is 5.41 Å². The standard InChI is InChI=1S/C19H26O2/c1-7-19(5,6)16-10-8-15(9-11-16)18(20)17-12(2)13(3)21-14(17)4/h8-11,18,20H,7H2,1-6H3. The van der Waals surface area contributed by atoms with Gasteiger partial charge in [0.15, 0.2) is 0 Å². The van der Waals surface area contributed by atoms with E-state index in [2.05, 4.69) is 32.9 Å². The van der Waals surface area contributed by atoms with Gasteiger partial charge in [0.2, 0.25) is 0 Å². The van der Waals surface area contributed by atoms with Crippen LogP contribution >= 0.6 is 0 Å². The van der Waals surface area contributed by atoms with Crippen LogP contribution in [0.4, 0.5) is 0 Å². The van der Waals surface area contributed by atoms with Gasteiger partial charge < -0.3 is 9.52 Å². The van der Waals surface area contributed by atoms with Gasteiger partial charge in [0, 0.05) is 5.56 Å². The van der Waals surface area contributed by atoms with Gasteiger partial charge in [-0.15, -0.1) is 0 Å². The monoisotopic (exact) mass is 286 g/mol. The number of aliphatic hydroxyl groups is 1. The molecule has 1 unspecified atom stereocenters. The zero-order valence-corrected chi connectivity index (χ0v) is 13.9. The number of aryl methyl sites for hydroxylation is 2. The van der Waals surface area contributed by atoms with E-state index in [1.807, 2.05) is 32.9 Å². The molecule has 0 aliphatic heterocycles. The second kappa shape index (κ2) is 5.69. The van der Waals surface area contributed by atoms with Gasteiger partial charge >= 0.3 is 0 Å². The third-order valence-electron chi connectivity index (χ3n) is 4.78. The molecule has 2 heteroatoms. The zero-order chi connectivity index (χ0) is 15.8. The molecule has 1 heterocycles. The maximum Gasteiger partial charge on any atom is 0.108 e. The maximum absolute atomic E-state index is 10.7. The summed E-state index contributed by atoms with van der Waals surface area (Å²) in [7, 11) is 0. The molecular weight excluding hydrogens is 260 g/mol. The zero-order valence-electron chi connectivity index (χ0n) is 13.9. The number of hydrogen-bond donors (Lipinski definition) is 1. The van der Waals surface area contributed by atoms with E-state index < -0.39 is 6.10 Å². The third-order valence-corrected chi connectivity index (χ3v) is 4.78. The van der Waals surface area contributed by atoms with E-state index >= 15 is 0 Å². The second-order valence-corrected chi connectivity index (χ2v) is 6.52. The van der Waals surface area contributed by atoms with Crippen molar-refractivity contribution in [3.63, 3.8) is 0 Å². The van der Waals surface area contributed by atoms with E-state index in [4.69, 9.17) is 4.42 Å². The summed E-state index contributed by atoms with van der Waals surface area (Å²) in [5, 5.41) is 10.7. The molecule has 2 aromatic rings. The molecule has 0 aliphatic carbocycles. The Balaban J connectivity index is 2.34. The SMILES string of the molecule is CCC(C)(C)c1ccc(C(O)c2c(C)oc(C)c2C)cc1. The Hall–Kier alpha value is -1.54. The van der Waals surface area contributed by atoms with Crippen LogP contribution in [-0.4, -0.2) is 5.11 Å². The van der Waals surface area contributed by atoms with Gasteiger partial charge in [0.25, 0.3) is 0 Å². The first-order valence-electron chi connectivity index (χ1n) is 7.63. The lowest BCUT2D eigenvalue weighted by molar-refractivity contribution is 0.217. The van der Waals surface area contributed by atoms with Crippen molar-refractivity contribution in [2.75, 3.05) is 0 Å². The van der Waals surface area contributed by atoms with E-state index in [0.29, 0.717) is 0 Å². The van der Waals surface area contributed by atoms with Crippen LogP contribution in [0.1, 0.15) is 67.1 Å². The Kier molecular flexibility index (Phi) is 4.29. The van der Waals surface area contributed by atoms with E-state index in [0.717, 1.165) is 34.6 Å². The highest BCUT2D eigenvalue weighted by molar-refractivity contribution is 5.40. The van der Waals surface area contributed by atoms with E-state index in [9.17, 15) is 5.11 Å². The fourth-order valence-corrected chi connectivity index (χ4v) is 2.70. The van der Waals surface area contributed by atoms with Crippen molar-refractivity contribution in [1.29, 1.82) is 0 Å². The molecule has 1 atom stereocenters. The summed E-state index contributed by atoms with van der Waals surface area (Å²) in [4.78, 5) is 0. The van der Waals surface area contributed by atoms with Crippen LogP contribution in [0.15, 0.2) is 28.7 Å². The molecule has 0 saturated heterocycles. The molecule has 0 radical (unpaired) electrons. The molecule has 0 amide bonds. The number of rotatable bonds is 4. The highest BCUT2D eigenvalue weighted by Crippen LogP contribution is 2.33. The first-order valence-corrected chi connectivity index (χ1v) is 7.63. The summed E-state index contributed by atoms with van der Waals surface area (Å²) in [5.41, 5.74) is 4.32. The Morgan fingerprint density at radius 2 is 1.62 bits per heavy atom. The average molecular weight is 286 g/mol. The lowest BCUT2D eigenvalue weighted by Crippen LogP contribution is -2.15. The maximum atomic E-state index is 10.7. The van der Waals surface area contributed by atoms with Crippen molar-refractivity contribution < 1.29 is 9.52 Å². The molecule has 0 fully saturated rings. The van der Waals surface area contributed by atoms with Gasteiger partial charge in [-0.3, -0.25) is 0 Å². The van der Waals surface area contributed by atoms with Gasteiger partial charge in [-0.05, 0) is 49.3 Å². The molecule has 0 aliphatic rings. The minimum atomic E-state index is -0.624. The fraction of sp³-hybridized carbons (Fsp3) is 0.474. The highest BCUT2D eigenvalue weighted by Gasteiger charge is 2.22. The molecule has 1 N–H and O–H groups in total. The second-order valence-electron chi connectivity index (χ2n) is 6.52. The van der Waals surface area contributed by atoms with Crippen LogP contribution in [0.2, 0.25) is 0 Å². The molecule has 0 saturated carbocycles. The van der Waals surface area contributed by atoms with Gasteiger partial charge in [0.05, 0.1) is 0 Å². The van der Waals surface area contributed by atoms with Crippen LogP contribution in [0.5, 0.6) is 0 Å². The lowest BCUT2D eigenvalue weighted by atomic mass is 9.81. The average Bonchev–Trinajstić information content (AvgIpc) is 2.71. The molecule has 114 valence electrons. The molecule has 1 aromatic heterocycles. The predicted molar refractivity (Wildman–Crippen MR) is 86.7 cm³/mol. The Morgan fingerprint density at radius 3 is 2.05 bits per heavy atom. The summed E-state index contributed by atoms with van der Waals surface area (Å²) in [6.07, 6.45) is 0.467. The molecule has 0 bridgehead atoms. The van der Waals surface area contributed by atoms with Crippen molar-refractivity contribution in [2.24, 2.45) is 0 Å². The Labute approximate surface area is 127 Å². The third kappa shape index (κ3) is 2.91. The van der Waals surface area contributed by atoms with E-state index in [1.54, 1.807) is 0 Å². The van der Waals surface area contributed by atoms with Gasteiger partial charge in [-0.1, -0.05) is 45.0 Å². The summed E-state index contributed by atoms with van der Waals surface area (Å²) in [6, 6.07) is 8.30. The molecular formula is C19H26O2. The smallest absolute Gasteiger partial charge is 0.108 e. The van der Waals surface area contributed by atoms with Crippen LogP contribution in [0.3, 0.4) is 0 Å². The Morgan fingerprint density at radius 1 is 1.05 bits per heavy atom. The topological polar surface area (TPSA) is 33.4 Å². The molecule has 2 rings (SSSR count). The van der Waals surface area contributed by atoms with E-state index in [1.165, 1.54) is 5.56 Å². The quantitative estimate of drug-likeness (QED) is 0.860. The van der Waals surface area contributed by atoms with Crippen molar-refractivity contribution >= 4 is 0 Å². The first-order chi connectivity index (χ1) is 9.77. The predicted octanol–water partition coefficient (Wildman–Crippen LogP) is 4.97. The van der Waals surface area contributed by atoms with Crippen molar-refractivity contribution in [3.05, 3.63) is 58.0 Å². The first kappa shape index (κ1) is 15.8. The lowest BCUT2D eigenvalue weighted by Gasteiger charge is -2.24. The van der Waals surface area contributed by atoms with Crippen molar-refractivity contribution in [2.45, 2.75) is 59.5 Å².